The summed E-state index contributed by atoms with van der Waals surface area (Å²) in [6.45, 7) is -1.91. The number of sulfonamides is 1. The molecule has 1 N–H and O–H groups in total. The van der Waals surface area contributed by atoms with Crippen molar-refractivity contribution < 1.29 is 45.4 Å². The van der Waals surface area contributed by atoms with Gasteiger partial charge in [-0.1, -0.05) is 36.4 Å². The number of nitrogens with zero attached hydrogens (tertiary/aromatic N) is 3. The molecule has 0 heterocycles. The van der Waals surface area contributed by atoms with E-state index >= 15 is 4.39 Å². The summed E-state index contributed by atoms with van der Waals surface area (Å²) in [6, 6.07) is 17.8. The van der Waals surface area contributed by atoms with Crippen molar-refractivity contribution >= 4 is 43.5 Å². The number of carboxylic acid groups (broad SMARTS) is 1. The van der Waals surface area contributed by atoms with E-state index in [0.29, 0.717) is 29.0 Å². The zero-order chi connectivity index (χ0) is 38.5. The minimum absolute atomic E-state index is 0.00638. The SMILES string of the molecule is N#Cc1ccccc1CN(CC(=O)N(Cc1cc(C2CC2)cc(C2CC2)c1)c1ccc(C(=O)O)cc1OC1CC1)S(=O)(=O)c1c(F)c(F)c(F)c(F)c1Br. The van der Waals surface area contributed by atoms with Crippen molar-refractivity contribution in [3.05, 3.63) is 122 Å². The topological polar surface area (TPSA) is 128 Å². The fourth-order valence-corrected chi connectivity index (χ4v) is 8.76. The minimum Gasteiger partial charge on any atom is -0.488 e. The van der Waals surface area contributed by atoms with E-state index in [-0.39, 0.29) is 40.8 Å². The predicted octanol–water partition coefficient (Wildman–Crippen LogP) is 8.30. The van der Waals surface area contributed by atoms with Crippen molar-refractivity contribution in [3.63, 3.8) is 0 Å². The molecule has 1 amide bonds. The van der Waals surface area contributed by atoms with Gasteiger partial charge in [0.2, 0.25) is 15.9 Å². The Balaban J connectivity index is 1.35. The van der Waals surface area contributed by atoms with Crippen LogP contribution in [0.5, 0.6) is 5.75 Å². The number of hydrogen-bond acceptors (Lipinski definition) is 6. The Labute approximate surface area is 316 Å². The van der Waals surface area contributed by atoms with Crippen LogP contribution in [0.25, 0.3) is 0 Å². The summed E-state index contributed by atoms with van der Waals surface area (Å²) in [5, 5.41) is 19.5. The van der Waals surface area contributed by atoms with Gasteiger partial charge in [0.25, 0.3) is 0 Å². The smallest absolute Gasteiger partial charge is 0.335 e. The highest BCUT2D eigenvalue weighted by Crippen LogP contribution is 2.46. The Morgan fingerprint density at radius 1 is 0.852 bits per heavy atom. The fourth-order valence-electron chi connectivity index (χ4n) is 6.32. The molecule has 9 nitrogen and oxygen atoms in total. The van der Waals surface area contributed by atoms with Crippen molar-refractivity contribution in [2.45, 2.75) is 74.4 Å². The molecule has 0 bridgehead atoms. The third-order valence-corrected chi connectivity index (χ3v) is 12.5. The fraction of sp³-hybridized carbons (Fsp3) is 0.308. The minimum atomic E-state index is -5.39. The molecule has 54 heavy (non-hydrogen) atoms. The summed E-state index contributed by atoms with van der Waals surface area (Å²) in [5.41, 5.74) is 3.03. The second-order valence-electron chi connectivity index (χ2n) is 13.8. The first-order chi connectivity index (χ1) is 25.8. The number of aromatic carboxylic acids is 1. The highest BCUT2D eigenvalue weighted by Gasteiger charge is 2.39. The van der Waals surface area contributed by atoms with E-state index in [1.165, 1.54) is 47.4 Å². The van der Waals surface area contributed by atoms with Crippen molar-refractivity contribution in [2.24, 2.45) is 0 Å². The number of halogens is 5. The van der Waals surface area contributed by atoms with Gasteiger partial charge < -0.3 is 14.7 Å². The van der Waals surface area contributed by atoms with Crippen LogP contribution in [0.3, 0.4) is 0 Å². The maximum absolute atomic E-state index is 15.4. The number of carbonyl (C=O) groups excluding carboxylic acids is 1. The number of anilines is 1. The standard InChI is InChI=1S/C39H32BrF4N3O6S/c40-33-34(41)35(42)36(43)37(44)38(33)54(51,52)46(19-26-4-2-1-3-25(26)17-45)20-32(48)47(30-12-9-24(39(49)50)16-31(30)53-29-10-11-29)18-21-13-27(22-5-6-22)15-28(14-21)23-7-8-23/h1-4,9,12-16,22-23,29H,5-8,10-11,18-20H2,(H,49,50). The third kappa shape index (κ3) is 7.73. The quantitative estimate of drug-likeness (QED) is 0.0770. The van der Waals surface area contributed by atoms with Crippen molar-refractivity contribution in [1.29, 1.82) is 5.26 Å². The second kappa shape index (κ2) is 14.8. The van der Waals surface area contributed by atoms with Crippen LogP contribution in [0.2, 0.25) is 0 Å². The molecule has 0 radical (unpaired) electrons. The van der Waals surface area contributed by atoms with E-state index in [0.717, 1.165) is 42.4 Å². The lowest BCUT2D eigenvalue weighted by molar-refractivity contribution is -0.119. The molecular formula is C39H32BrF4N3O6S. The summed E-state index contributed by atoms with van der Waals surface area (Å²) in [5.74, 6) is -10.2. The van der Waals surface area contributed by atoms with Crippen LogP contribution in [-0.2, 0) is 27.9 Å². The van der Waals surface area contributed by atoms with Crippen molar-refractivity contribution in [1.82, 2.24) is 4.31 Å². The van der Waals surface area contributed by atoms with E-state index in [9.17, 15) is 41.5 Å². The Morgan fingerprint density at radius 3 is 2.07 bits per heavy atom. The third-order valence-electron chi connectivity index (χ3n) is 9.66. The normalized spacial score (nSPS) is 15.6. The lowest BCUT2D eigenvalue weighted by Crippen LogP contribution is -2.43. The first-order valence-corrected chi connectivity index (χ1v) is 19.5. The number of carboxylic acids is 1. The van der Waals surface area contributed by atoms with Crippen LogP contribution in [0, 0.1) is 34.6 Å². The van der Waals surface area contributed by atoms with Crippen molar-refractivity contribution in [3.8, 4) is 11.8 Å². The Morgan fingerprint density at radius 2 is 1.48 bits per heavy atom. The number of hydrogen-bond donors (Lipinski definition) is 1. The van der Waals surface area contributed by atoms with E-state index in [2.05, 4.69) is 22.0 Å². The van der Waals surface area contributed by atoms with Gasteiger partial charge in [-0.05, 0) is 113 Å². The molecular weight excluding hydrogens is 794 g/mol. The van der Waals surface area contributed by atoms with Crippen LogP contribution in [0.1, 0.15) is 88.5 Å². The first-order valence-electron chi connectivity index (χ1n) is 17.2. The highest BCUT2D eigenvalue weighted by atomic mass is 79.9. The monoisotopic (exact) mass is 825 g/mol. The molecule has 0 atom stereocenters. The summed E-state index contributed by atoms with van der Waals surface area (Å²) in [6.07, 6.45) is 5.19. The van der Waals surface area contributed by atoms with Gasteiger partial charge in [0.1, 0.15) is 10.6 Å². The molecule has 0 saturated heterocycles. The molecule has 4 aromatic rings. The van der Waals surface area contributed by atoms with Gasteiger partial charge in [0.05, 0.1) is 46.5 Å². The highest BCUT2D eigenvalue weighted by molar-refractivity contribution is 9.10. The molecule has 0 aromatic heterocycles. The van der Waals surface area contributed by atoms with Crippen LogP contribution in [0.15, 0.2) is 70.0 Å². The maximum atomic E-state index is 15.4. The lowest BCUT2D eigenvalue weighted by Gasteiger charge is -2.29. The molecule has 3 fully saturated rings. The molecule has 3 aliphatic carbocycles. The van der Waals surface area contributed by atoms with Gasteiger partial charge in [0.15, 0.2) is 23.3 Å². The average Bonchev–Trinajstić information content (AvgIpc) is 3.99. The van der Waals surface area contributed by atoms with Crippen LogP contribution < -0.4 is 9.64 Å². The van der Waals surface area contributed by atoms with Gasteiger partial charge in [-0.15, -0.1) is 0 Å². The Hall–Kier alpha value is -4.78. The molecule has 0 spiro atoms. The zero-order valence-electron chi connectivity index (χ0n) is 28.5. The molecule has 0 unspecified atom stereocenters. The molecule has 3 aliphatic rings. The summed E-state index contributed by atoms with van der Waals surface area (Å²) >= 11 is 2.57. The number of ether oxygens (including phenoxy) is 1. The number of benzene rings is 4. The predicted molar refractivity (Wildman–Crippen MR) is 191 cm³/mol. The van der Waals surface area contributed by atoms with Crippen LogP contribution in [-0.4, -0.2) is 42.4 Å². The van der Waals surface area contributed by atoms with E-state index < -0.39 is 67.6 Å². The van der Waals surface area contributed by atoms with Crippen LogP contribution in [0.4, 0.5) is 23.2 Å². The number of rotatable bonds is 14. The van der Waals surface area contributed by atoms with Gasteiger partial charge in [-0.2, -0.15) is 9.57 Å². The van der Waals surface area contributed by atoms with E-state index in [1.807, 2.05) is 18.2 Å². The van der Waals surface area contributed by atoms with E-state index in [1.54, 1.807) is 0 Å². The molecule has 7 rings (SSSR count). The molecule has 0 aliphatic heterocycles. The zero-order valence-corrected chi connectivity index (χ0v) is 30.9. The number of carbonyl (C=O) groups is 2. The Kier molecular flexibility index (Phi) is 10.3. The number of nitriles is 1. The van der Waals surface area contributed by atoms with Gasteiger partial charge in [0, 0.05) is 6.54 Å². The largest absolute Gasteiger partial charge is 0.488 e. The number of amides is 1. The summed E-state index contributed by atoms with van der Waals surface area (Å²) < 4.78 is 92.8. The summed E-state index contributed by atoms with van der Waals surface area (Å²) in [7, 11) is -5.39. The van der Waals surface area contributed by atoms with Crippen LogP contribution >= 0.6 is 15.9 Å². The molecule has 4 aromatic carbocycles. The van der Waals surface area contributed by atoms with Crippen molar-refractivity contribution in [2.75, 3.05) is 11.4 Å². The Bertz CT molecular complexity index is 2280. The van der Waals surface area contributed by atoms with Gasteiger partial charge in [-0.3, -0.25) is 4.79 Å². The van der Waals surface area contributed by atoms with Gasteiger partial charge in [-0.25, -0.2) is 30.8 Å². The maximum Gasteiger partial charge on any atom is 0.335 e. The van der Waals surface area contributed by atoms with Gasteiger partial charge >= 0.3 is 5.97 Å². The molecule has 280 valence electrons. The average molecular weight is 827 g/mol. The summed E-state index contributed by atoms with van der Waals surface area (Å²) in [4.78, 5) is 26.4. The van der Waals surface area contributed by atoms with E-state index in [4.69, 9.17) is 4.74 Å². The molecule has 3 saturated carbocycles. The lowest BCUT2D eigenvalue weighted by atomic mass is 9.99. The second-order valence-corrected chi connectivity index (χ2v) is 16.5. The first kappa shape index (κ1) is 37.5. The molecule has 15 heteroatoms.